The molecule has 1 aromatic heterocycles. The summed E-state index contributed by atoms with van der Waals surface area (Å²) in [5, 5.41) is 9.30. The van der Waals surface area contributed by atoms with Gasteiger partial charge in [-0.25, -0.2) is 9.64 Å². The first kappa shape index (κ1) is 8.76. The zero-order valence-corrected chi connectivity index (χ0v) is 7.98. The molecule has 0 unspecified atom stereocenters. The van der Waals surface area contributed by atoms with Gasteiger partial charge in [-0.3, -0.25) is 0 Å². The van der Waals surface area contributed by atoms with Crippen molar-refractivity contribution >= 4 is 22.4 Å². The number of hydrazine groups is 1. The molecule has 0 aliphatic rings. The molecular weight excluding hydrogens is 182 g/mol. The summed E-state index contributed by atoms with van der Waals surface area (Å²) in [6.45, 7) is 0. The second-order valence-electron chi connectivity index (χ2n) is 3.17. The normalized spacial score (nSPS) is 11.1. The topological polar surface area (TPSA) is 80.2 Å². The lowest BCUT2D eigenvalue weighted by atomic mass is 10.2. The van der Waals surface area contributed by atoms with Crippen LogP contribution in [0.3, 0.4) is 0 Å². The molecule has 6 nitrogen and oxygen atoms in total. The van der Waals surface area contributed by atoms with Crippen molar-refractivity contribution in [2.24, 2.45) is 0 Å². The Kier molecular flexibility index (Phi) is 1.97. The molecule has 1 aromatic carbocycles. The molecule has 0 spiro atoms. The van der Waals surface area contributed by atoms with Crippen LogP contribution < -0.4 is 11.2 Å². The van der Waals surface area contributed by atoms with Crippen LogP contribution in [-0.2, 0) is 0 Å². The van der Waals surface area contributed by atoms with Gasteiger partial charge in [-0.2, -0.15) is 0 Å². The highest BCUT2D eigenvalue weighted by Gasteiger charge is 2.09. The van der Waals surface area contributed by atoms with Gasteiger partial charge in [0.1, 0.15) is 0 Å². The van der Waals surface area contributed by atoms with Crippen LogP contribution in [0.5, 0.6) is 0 Å². The van der Waals surface area contributed by atoms with Crippen LogP contribution in [0.25, 0.3) is 11.0 Å². The van der Waals surface area contributed by atoms with Crippen molar-refractivity contribution in [2.45, 2.75) is 0 Å². The highest BCUT2D eigenvalue weighted by molar-refractivity contribution is 5.94. The number of rotatable bonds is 2. The van der Waals surface area contributed by atoms with E-state index in [0.29, 0.717) is 16.7 Å². The fourth-order valence-corrected chi connectivity index (χ4v) is 1.22. The van der Waals surface area contributed by atoms with Gasteiger partial charge in [-0.15, -0.1) is 0 Å². The van der Waals surface area contributed by atoms with Crippen LogP contribution >= 0.6 is 0 Å². The molecule has 0 saturated carbocycles. The van der Waals surface area contributed by atoms with Crippen molar-refractivity contribution in [2.75, 3.05) is 25.3 Å². The highest BCUT2D eigenvalue weighted by Crippen LogP contribution is 2.24. The number of hydrogen-bond donors (Lipinski definition) is 2. The summed E-state index contributed by atoms with van der Waals surface area (Å²) in [5.74, 6) is 0. The van der Waals surface area contributed by atoms with Crippen LogP contribution in [0.4, 0.5) is 11.4 Å². The zero-order valence-electron chi connectivity index (χ0n) is 7.98. The molecule has 2 aromatic rings. The van der Waals surface area contributed by atoms with Crippen LogP contribution in [-0.4, -0.2) is 29.4 Å². The van der Waals surface area contributed by atoms with Crippen LogP contribution in [0.1, 0.15) is 0 Å². The van der Waals surface area contributed by atoms with Gasteiger partial charge in [0.05, 0.1) is 11.4 Å². The van der Waals surface area contributed by atoms with E-state index in [1.165, 1.54) is 0 Å². The lowest BCUT2D eigenvalue weighted by molar-refractivity contribution is 0.315. The van der Waals surface area contributed by atoms with Gasteiger partial charge < -0.3 is 11.2 Å². The van der Waals surface area contributed by atoms with Gasteiger partial charge in [-0.1, -0.05) is 0 Å². The lowest BCUT2D eigenvalue weighted by Crippen LogP contribution is -2.19. The molecule has 0 fully saturated rings. The summed E-state index contributed by atoms with van der Waals surface area (Å²) in [6.07, 6.45) is 0. The molecule has 0 atom stereocenters. The molecule has 6 heteroatoms. The SMILES string of the molecule is CN(C)Nc1ccc(N)c2nonc12. The Hall–Kier alpha value is -1.82. The van der Waals surface area contributed by atoms with Crippen molar-refractivity contribution in [3.63, 3.8) is 0 Å². The standard InChI is InChI=1S/C8H11N5O/c1-13(2)10-6-4-3-5(9)7-8(6)12-14-11-7/h3-4,10H,9H2,1-2H3. The van der Waals surface area contributed by atoms with E-state index < -0.39 is 0 Å². The maximum Gasteiger partial charge on any atom is 0.161 e. The van der Waals surface area contributed by atoms with Gasteiger partial charge in [0, 0.05) is 14.1 Å². The Morgan fingerprint density at radius 2 is 2.00 bits per heavy atom. The van der Waals surface area contributed by atoms with Crippen molar-refractivity contribution in [1.82, 2.24) is 15.3 Å². The lowest BCUT2D eigenvalue weighted by Gasteiger charge is -2.13. The maximum atomic E-state index is 5.70. The van der Waals surface area contributed by atoms with E-state index in [1.54, 1.807) is 11.1 Å². The van der Waals surface area contributed by atoms with E-state index >= 15 is 0 Å². The van der Waals surface area contributed by atoms with Crippen molar-refractivity contribution in [3.8, 4) is 0 Å². The van der Waals surface area contributed by atoms with Gasteiger partial charge in [0.2, 0.25) is 0 Å². The van der Waals surface area contributed by atoms with Gasteiger partial charge >= 0.3 is 0 Å². The third-order valence-electron chi connectivity index (χ3n) is 1.79. The van der Waals surface area contributed by atoms with E-state index in [0.717, 1.165) is 5.69 Å². The molecule has 2 rings (SSSR count). The summed E-state index contributed by atoms with van der Waals surface area (Å²) in [4.78, 5) is 0. The molecule has 0 aliphatic carbocycles. The number of nitrogens with two attached hydrogens (primary N) is 1. The summed E-state index contributed by atoms with van der Waals surface area (Å²) in [5.41, 5.74) is 11.4. The number of benzene rings is 1. The molecule has 3 N–H and O–H groups in total. The fraction of sp³-hybridized carbons (Fsp3) is 0.250. The number of nitrogen functional groups attached to an aromatic ring is 1. The third kappa shape index (κ3) is 1.35. The number of fused-ring (bicyclic) bond motifs is 1. The predicted octanol–water partition coefficient (Wildman–Crippen LogP) is 0.694. The molecule has 0 aliphatic heterocycles. The molecule has 0 amide bonds. The first-order valence-corrected chi connectivity index (χ1v) is 4.13. The quantitative estimate of drug-likeness (QED) is 0.539. The van der Waals surface area contributed by atoms with E-state index in [4.69, 9.17) is 5.73 Å². The first-order chi connectivity index (χ1) is 6.68. The van der Waals surface area contributed by atoms with Gasteiger partial charge in [-0.05, 0) is 22.4 Å². The average molecular weight is 193 g/mol. The van der Waals surface area contributed by atoms with Crippen LogP contribution in [0.2, 0.25) is 0 Å². The van der Waals surface area contributed by atoms with E-state index in [9.17, 15) is 0 Å². The molecular formula is C8H11N5O. The second-order valence-corrected chi connectivity index (χ2v) is 3.17. The summed E-state index contributed by atoms with van der Waals surface area (Å²) >= 11 is 0. The minimum Gasteiger partial charge on any atom is -0.397 e. The minimum absolute atomic E-state index is 0.561. The number of anilines is 2. The Labute approximate surface area is 80.6 Å². The maximum absolute atomic E-state index is 5.70. The minimum atomic E-state index is 0.561. The van der Waals surface area contributed by atoms with E-state index in [2.05, 4.69) is 20.4 Å². The molecule has 0 radical (unpaired) electrons. The average Bonchev–Trinajstić information content (AvgIpc) is 2.58. The number of hydrogen-bond acceptors (Lipinski definition) is 6. The second kappa shape index (κ2) is 3.15. The molecule has 1 heterocycles. The monoisotopic (exact) mass is 193 g/mol. The highest BCUT2D eigenvalue weighted by atomic mass is 16.6. The smallest absolute Gasteiger partial charge is 0.161 e. The summed E-state index contributed by atoms with van der Waals surface area (Å²) in [6, 6.07) is 3.60. The number of nitrogens with zero attached hydrogens (tertiary/aromatic N) is 3. The van der Waals surface area contributed by atoms with Crippen LogP contribution in [0.15, 0.2) is 16.8 Å². The van der Waals surface area contributed by atoms with Crippen molar-refractivity contribution in [1.29, 1.82) is 0 Å². The number of nitrogens with one attached hydrogen (secondary N) is 1. The van der Waals surface area contributed by atoms with Crippen LogP contribution in [0, 0.1) is 0 Å². The van der Waals surface area contributed by atoms with Crippen molar-refractivity contribution in [3.05, 3.63) is 12.1 Å². The Balaban J connectivity index is 2.55. The van der Waals surface area contributed by atoms with Gasteiger partial charge in [0.25, 0.3) is 0 Å². The summed E-state index contributed by atoms with van der Waals surface area (Å²) in [7, 11) is 3.77. The number of aromatic nitrogens is 2. The summed E-state index contributed by atoms with van der Waals surface area (Å²) < 4.78 is 4.63. The molecule has 0 bridgehead atoms. The third-order valence-corrected chi connectivity index (χ3v) is 1.79. The first-order valence-electron chi connectivity index (χ1n) is 4.13. The fourth-order valence-electron chi connectivity index (χ4n) is 1.22. The van der Waals surface area contributed by atoms with Crippen molar-refractivity contribution < 1.29 is 4.63 Å². The molecule has 74 valence electrons. The molecule has 14 heavy (non-hydrogen) atoms. The predicted molar refractivity (Wildman–Crippen MR) is 53.5 cm³/mol. The van der Waals surface area contributed by atoms with Gasteiger partial charge in [0.15, 0.2) is 11.0 Å². The Bertz CT molecular complexity index is 450. The largest absolute Gasteiger partial charge is 0.397 e. The van der Waals surface area contributed by atoms with E-state index in [-0.39, 0.29) is 0 Å². The zero-order chi connectivity index (χ0) is 10.1. The Morgan fingerprint density at radius 1 is 1.29 bits per heavy atom. The molecule has 0 saturated heterocycles. The van der Waals surface area contributed by atoms with E-state index in [1.807, 2.05) is 20.2 Å². The Morgan fingerprint density at radius 3 is 2.71 bits per heavy atom.